The van der Waals surface area contributed by atoms with Crippen molar-refractivity contribution in [1.29, 1.82) is 0 Å². The van der Waals surface area contributed by atoms with E-state index < -0.39 is 39.2 Å². The number of fused-ring (bicyclic) bond motifs is 5. The number of alkyl halides is 2. The second-order valence-electron chi connectivity index (χ2n) is 4.89. The molecule has 9 heteroatoms. The monoisotopic (exact) mass is 359 g/mol. The summed E-state index contributed by atoms with van der Waals surface area (Å²) in [6, 6.07) is 0. The van der Waals surface area contributed by atoms with E-state index in [1.54, 1.807) is 0 Å². The number of halogens is 4. The van der Waals surface area contributed by atoms with E-state index in [4.69, 9.17) is 55.9 Å². The molecule has 0 aromatic carbocycles. The molecule has 2 amide bonds. The third-order valence-corrected chi connectivity index (χ3v) is 6.98. The molecule has 0 radical (unpaired) electrons. The Bertz CT molecular complexity index is 531. The van der Waals surface area contributed by atoms with Gasteiger partial charge in [-0.15, -0.1) is 23.2 Å². The van der Waals surface area contributed by atoms with Crippen LogP contribution < -0.4 is 5.32 Å². The lowest BCUT2D eigenvalue weighted by Gasteiger charge is -2.41. The third-order valence-electron chi connectivity index (χ3n) is 4.37. The van der Waals surface area contributed by atoms with Crippen LogP contribution in [0.5, 0.6) is 0 Å². The van der Waals surface area contributed by atoms with Crippen molar-refractivity contribution in [3.8, 4) is 0 Å². The fourth-order valence-corrected chi connectivity index (χ4v) is 5.81. The molecule has 1 saturated carbocycles. The summed E-state index contributed by atoms with van der Waals surface area (Å²) in [6.07, 6.45) is 0. The van der Waals surface area contributed by atoms with E-state index in [2.05, 4.69) is 5.32 Å². The first-order valence-corrected chi connectivity index (χ1v) is 7.14. The Morgan fingerprint density at radius 2 is 1.30 bits per heavy atom. The van der Waals surface area contributed by atoms with Crippen LogP contribution in [0.15, 0.2) is 10.1 Å². The first-order chi connectivity index (χ1) is 9.24. The van der Waals surface area contributed by atoms with Gasteiger partial charge in [-0.1, -0.05) is 23.2 Å². The predicted octanol–water partition coefficient (Wildman–Crippen LogP) is 1.54. The normalized spacial score (nSPS) is 45.1. The molecule has 1 heterocycles. The number of methoxy groups -OCH3 is 2. The largest absolute Gasteiger partial charge is 0.350 e. The average molecular weight is 361 g/mol. The summed E-state index contributed by atoms with van der Waals surface area (Å²) in [5.74, 6) is -4.87. The van der Waals surface area contributed by atoms with Crippen LogP contribution in [-0.4, -0.2) is 41.6 Å². The molecule has 1 saturated heterocycles. The van der Waals surface area contributed by atoms with E-state index in [1.807, 2.05) is 0 Å². The maximum Gasteiger partial charge on any atom is 0.232 e. The highest BCUT2D eigenvalue weighted by Gasteiger charge is 2.88. The number of rotatable bonds is 2. The molecule has 110 valence electrons. The van der Waals surface area contributed by atoms with Crippen molar-refractivity contribution in [3.63, 3.8) is 0 Å². The number of ether oxygens (including phenoxy) is 2. The molecule has 3 aliphatic rings. The molecule has 0 spiro atoms. The Morgan fingerprint density at radius 3 is 1.60 bits per heavy atom. The molecule has 3 rings (SSSR count). The van der Waals surface area contributed by atoms with Gasteiger partial charge in [-0.3, -0.25) is 14.9 Å². The quantitative estimate of drug-likeness (QED) is 0.461. The second kappa shape index (κ2) is 4.03. The van der Waals surface area contributed by atoms with Crippen LogP contribution >= 0.6 is 46.4 Å². The molecule has 0 unspecified atom stereocenters. The molecule has 2 bridgehead atoms. The topological polar surface area (TPSA) is 64.6 Å². The summed E-state index contributed by atoms with van der Waals surface area (Å²) < 4.78 is 10.8. The minimum Gasteiger partial charge on any atom is -0.350 e. The van der Waals surface area contributed by atoms with E-state index in [9.17, 15) is 9.59 Å². The second-order valence-corrected chi connectivity index (χ2v) is 6.83. The highest BCUT2D eigenvalue weighted by molar-refractivity contribution is 6.53. The number of hydrogen-bond acceptors (Lipinski definition) is 4. The van der Waals surface area contributed by atoms with Crippen molar-refractivity contribution < 1.29 is 19.1 Å². The lowest BCUT2D eigenvalue weighted by Crippen LogP contribution is -2.59. The van der Waals surface area contributed by atoms with Gasteiger partial charge in [0.15, 0.2) is 0 Å². The zero-order chi connectivity index (χ0) is 15.1. The van der Waals surface area contributed by atoms with Gasteiger partial charge in [0.05, 0.1) is 21.9 Å². The van der Waals surface area contributed by atoms with Gasteiger partial charge < -0.3 is 9.47 Å². The number of imide groups is 1. The third kappa shape index (κ3) is 1.12. The van der Waals surface area contributed by atoms with Crippen molar-refractivity contribution in [2.45, 2.75) is 15.5 Å². The predicted molar refractivity (Wildman–Crippen MR) is 72.8 cm³/mol. The Labute approximate surface area is 134 Å². The SMILES string of the molecule is COC1(OC)[C@@]2(Cl)C(Cl)=C(Cl)[C@@]1(Cl)[C@H]1C(=O)NC(=O)[C@@H]12. The molecular weight excluding hydrogens is 352 g/mol. The number of carbonyl (C=O) groups excluding carboxylic acids is 2. The minimum absolute atomic E-state index is 0.0365. The molecule has 5 nitrogen and oxygen atoms in total. The Kier molecular flexibility index (Phi) is 3.00. The molecule has 2 aliphatic carbocycles. The van der Waals surface area contributed by atoms with Crippen LogP contribution in [0.2, 0.25) is 0 Å². The van der Waals surface area contributed by atoms with Crippen LogP contribution in [0.3, 0.4) is 0 Å². The fraction of sp³-hybridized carbons (Fsp3) is 0.636. The number of hydrogen-bond donors (Lipinski definition) is 1. The highest BCUT2D eigenvalue weighted by atomic mass is 35.5. The van der Waals surface area contributed by atoms with Gasteiger partial charge in [0.2, 0.25) is 17.6 Å². The zero-order valence-corrected chi connectivity index (χ0v) is 13.3. The average Bonchev–Trinajstić information content (AvgIpc) is 2.85. The van der Waals surface area contributed by atoms with Crippen molar-refractivity contribution in [1.82, 2.24) is 5.32 Å². The first kappa shape index (κ1) is 14.9. The van der Waals surface area contributed by atoms with Crippen LogP contribution in [0.25, 0.3) is 0 Å². The van der Waals surface area contributed by atoms with Crippen LogP contribution in [0, 0.1) is 11.8 Å². The van der Waals surface area contributed by atoms with Crippen LogP contribution in [0.4, 0.5) is 0 Å². The summed E-state index contributed by atoms with van der Waals surface area (Å²) in [7, 11) is 2.61. The summed E-state index contributed by atoms with van der Waals surface area (Å²) in [6.45, 7) is 0. The maximum atomic E-state index is 12.1. The van der Waals surface area contributed by atoms with Crippen molar-refractivity contribution in [3.05, 3.63) is 10.1 Å². The summed E-state index contributed by atoms with van der Waals surface area (Å²) in [5, 5.41) is 2.12. The standard InChI is InChI=1S/C11H9Cl4NO4/c1-19-11(20-2)9(14)3-4(8(18)16-7(3)17)10(11,15)6(13)5(9)12/h3-4H,1-2H3,(H,16,17,18)/t3-,4-,9+,10+/m1/s1. The maximum absolute atomic E-state index is 12.1. The van der Waals surface area contributed by atoms with Crippen LogP contribution in [-0.2, 0) is 19.1 Å². The minimum atomic E-state index is -1.71. The van der Waals surface area contributed by atoms with Crippen LogP contribution in [0.1, 0.15) is 0 Å². The lowest BCUT2D eigenvalue weighted by atomic mass is 9.84. The van der Waals surface area contributed by atoms with Crippen molar-refractivity contribution in [2.75, 3.05) is 14.2 Å². The van der Waals surface area contributed by atoms with E-state index in [0.29, 0.717) is 0 Å². The molecular formula is C11H9Cl4NO4. The summed E-state index contributed by atoms with van der Waals surface area (Å²) in [5.41, 5.74) is 0. The molecule has 2 fully saturated rings. The number of nitrogens with one attached hydrogen (secondary N) is 1. The van der Waals surface area contributed by atoms with Gasteiger partial charge in [-0.2, -0.15) is 0 Å². The molecule has 20 heavy (non-hydrogen) atoms. The molecule has 1 N–H and O–H groups in total. The molecule has 0 aromatic heterocycles. The molecule has 0 aromatic rings. The van der Waals surface area contributed by atoms with Gasteiger partial charge in [0.1, 0.15) is 9.75 Å². The lowest BCUT2D eigenvalue weighted by molar-refractivity contribution is -0.221. The highest BCUT2D eigenvalue weighted by Crippen LogP contribution is 2.74. The van der Waals surface area contributed by atoms with Gasteiger partial charge in [0, 0.05) is 14.2 Å². The summed E-state index contributed by atoms with van der Waals surface area (Å²) >= 11 is 25.6. The summed E-state index contributed by atoms with van der Waals surface area (Å²) in [4.78, 5) is 20.8. The Balaban J connectivity index is 2.37. The van der Waals surface area contributed by atoms with Crippen molar-refractivity contribution >= 4 is 58.2 Å². The Morgan fingerprint density at radius 1 is 0.950 bits per heavy atom. The van der Waals surface area contributed by atoms with E-state index in [-0.39, 0.29) is 10.1 Å². The fourth-order valence-electron chi connectivity index (χ4n) is 3.63. The van der Waals surface area contributed by atoms with Gasteiger partial charge in [-0.05, 0) is 0 Å². The van der Waals surface area contributed by atoms with Gasteiger partial charge in [-0.25, -0.2) is 0 Å². The number of carbonyl (C=O) groups is 2. The Hall–Kier alpha value is -0.0400. The first-order valence-electron chi connectivity index (χ1n) is 5.63. The molecule has 4 atom stereocenters. The smallest absolute Gasteiger partial charge is 0.232 e. The van der Waals surface area contributed by atoms with E-state index >= 15 is 0 Å². The van der Waals surface area contributed by atoms with Gasteiger partial charge in [0.25, 0.3) is 0 Å². The van der Waals surface area contributed by atoms with E-state index in [0.717, 1.165) is 0 Å². The molecule has 1 aliphatic heterocycles. The van der Waals surface area contributed by atoms with E-state index in [1.165, 1.54) is 14.2 Å². The van der Waals surface area contributed by atoms with Crippen molar-refractivity contribution in [2.24, 2.45) is 11.8 Å². The van der Waals surface area contributed by atoms with Gasteiger partial charge >= 0.3 is 0 Å². The number of amides is 2. The zero-order valence-electron chi connectivity index (χ0n) is 10.3.